The predicted octanol–water partition coefficient (Wildman–Crippen LogP) is 23.1. The van der Waals surface area contributed by atoms with Crippen LogP contribution in [0.4, 0.5) is 0 Å². The number of hydrogen-bond donors (Lipinski definition) is 0. The van der Waals surface area contributed by atoms with E-state index in [0.717, 1.165) is 67.0 Å². The largest absolute Gasteiger partial charge is 0.309 e. The molecule has 0 atom stereocenters. The molecule has 0 spiro atoms. The van der Waals surface area contributed by atoms with Gasteiger partial charge in [0.1, 0.15) is 0 Å². The molecule has 0 aliphatic rings. The normalized spacial score (nSPS) is 11.9. The number of para-hydroxylation sites is 8. The van der Waals surface area contributed by atoms with Crippen molar-refractivity contribution in [1.82, 2.24) is 27.4 Å². The molecule has 0 unspecified atom stereocenters. The molecular formula is C85H51Cl2N7. The molecule has 20 rings (SSSR count). The number of nitriles is 1. The van der Waals surface area contributed by atoms with Gasteiger partial charge in [0.15, 0.2) is 0 Å². The lowest BCUT2D eigenvalue weighted by Gasteiger charge is -2.11. The highest BCUT2D eigenvalue weighted by molar-refractivity contribution is 6.35. The molecule has 6 heterocycles. The molecule has 94 heavy (non-hydrogen) atoms. The molecule has 0 amide bonds. The van der Waals surface area contributed by atoms with Crippen molar-refractivity contribution in [2.75, 3.05) is 0 Å². The molecule has 0 N–H and O–H groups in total. The van der Waals surface area contributed by atoms with E-state index in [0.29, 0.717) is 15.6 Å². The zero-order chi connectivity index (χ0) is 62.3. The lowest BCUT2D eigenvalue weighted by atomic mass is 10.1. The van der Waals surface area contributed by atoms with Crippen molar-refractivity contribution < 1.29 is 0 Å². The summed E-state index contributed by atoms with van der Waals surface area (Å²) in [5.41, 5.74) is 21.0. The van der Waals surface area contributed by atoms with Gasteiger partial charge in [-0.05, 0) is 164 Å². The summed E-state index contributed by atoms with van der Waals surface area (Å²) < 4.78 is 14.1. The topological polar surface area (TPSA) is 53.4 Å². The fourth-order valence-corrected chi connectivity index (χ4v) is 15.8. The molecule has 20 aromatic rings. The first kappa shape index (κ1) is 53.8. The van der Waals surface area contributed by atoms with Crippen LogP contribution in [-0.4, -0.2) is 27.4 Å². The summed E-state index contributed by atoms with van der Waals surface area (Å²) >= 11 is 13.1. The third-order valence-electron chi connectivity index (χ3n) is 19.2. The first-order chi connectivity index (χ1) is 46.4. The van der Waals surface area contributed by atoms with E-state index in [9.17, 15) is 5.26 Å². The lowest BCUT2D eigenvalue weighted by Crippen LogP contribution is -1.96. The smallest absolute Gasteiger partial charge is 0.0991 e. The zero-order valence-corrected chi connectivity index (χ0v) is 51.8. The van der Waals surface area contributed by atoms with Gasteiger partial charge in [-0.1, -0.05) is 169 Å². The van der Waals surface area contributed by atoms with Crippen LogP contribution in [0.25, 0.3) is 165 Å². The minimum absolute atomic E-state index is 0.603. The number of fused-ring (bicyclic) bond motifs is 18. The van der Waals surface area contributed by atoms with Crippen molar-refractivity contribution in [3.05, 3.63) is 325 Å². The van der Waals surface area contributed by atoms with E-state index in [2.05, 4.69) is 300 Å². The van der Waals surface area contributed by atoms with Crippen LogP contribution in [0.3, 0.4) is 0 Å². The standard InChI is InChI=1S/C43H26N4.C42H25Cl2N3/c44-27-28-17-19-29(20-18-28)45-42-23-21-30(46-38-13-5-1-9-32(38)33-10-2-6-14-39(33)46)25-36(42)37-26-31(22-24-43(37)45)47-40-15-7-3-11-34(40)35-12-4-8-16-41(35)47;43-26-21-27(44)23-30(22-26)47-41-19-17-28(45-37-13-5-1-9-31(37)32-10-2-6-14-38(32)45)24-35(41)36-25-29(18-20-42(36)47)46-39-15-7-3-11-33(39)34-12-4-8-16-40(34)46/h1-26H;1-25H. The van der Waals surface area contributed by atoms with E-state index in [1.54, 1.807) is 6.07 Å². The number of hydrogen-bond acceptors (Lipinski definition) is 1. The Morgan fingerprint density at radius 1 is 0.191 bits per heavy atom. The average molecular weight is 1240 g/mol. The van der Waals surface area contributed by atoms with Gasteiger partial charge < -0.3 is 27.4 Å². The third kappa shape index (κ3) is 8.11. The van der Waals surface area contributed by atoms with E-state index in [-0.39, 0.29) is 0 Å². The molecule has 0 aliphatic heterocycles. The molecule has 440 valence electrons. The minimum atomic E-state index is 0.603. The van der Waals surface area contributed by atoms with E-state index in [1.807, 2.05) is 36.4 Å². The number of rotatable bonds is 6. The van der Waals surface area contributed by atoms with Crippen molar-refractivity contribution in [2.45, 2.75) is 0 Å². The van der Waals surface area contributed by atoms with Crippen LogP contribution in [0.5, 0.6) is 0 Å². The Kier molecular flexibility index (Phi) is 12.0. The van der Waals surface area contributed by atoms with E-state index < -0.39 is 0 Å². The summed E-state index contributed by atoms with van der Waals surface area (Å²) in [6.45, 7) is 0. The van der Waals surface area contributed by atoms with Crippen molar-refractivity contribution in [3.8, 4) is 40.2 Å². The average Bonchev–Trinajstić information content (AvgIpc) is 1.58. The number of aromatic nitrogens is 6. The van der Waals surface area contributed by atoms with Crippen LogP contribution in [0.1, 0.15) is 5.56 Å². The van der Waals surface area contributed by atoms with Crippen LogP contribution in [0, 0.1) is 11.3 Å². The SMILES string of the molecule is Clc1cc(Cl)cc(-n2c3ccc(-n4c5ccccc5c5ccccc54)cc3c3cc(-n4c5ccccc5c5ccccc54)ccc32)c1.N#Cc1ccc(-n2c3ccc(-n4c5ccccc5c5ccccc54)cc3c3cc(-n4c5ccccc5c5ccccc54)ccc32)cc1. The van der Waals surface area contributed by atoms with Gasteiger partial charge in [-0.15, -0.1) is 0 Å². The Bertz CT molecular complexity index is 6020. The monoisotopic (exact) mass is 1240 g/mol. The Morgan fingerprint density at radius 3 is 0.638 bits per heavy atom. The molecule has 0 saturated heterocycles. The quantitative estimate of drug-likeness (QED) is 0.164. The molecule has 0 fully saturated rings. The van der Waals surface area contributed by atoms with Crippen LogP contribution in [0.15, 0.2) is 309 Å². The second-order valence-electron chi connectivity index (χ2n) is 24.2. The second kappa shape index (κ2) is 21.0. The van der Waals surface area contributed by atoms with Gasteiger partial charge >= 0.3 is 0 Å². The second-order valence-corrected chi connectivity index (χ2v) is 25.1. The molecule has 0 bridgehead atoms. The summed E-state index contributed by atoms with van der Waals surface area (Å²) in [7, 11) is 0. The molecule has 7 nitrogen and oxygen atoms in total. The zero-order valence-electron chi connectivity index (χ0n) is 50.3. The van der Waals surface area contributed by atoms with Gasteiger partial charge in [0.25, 0.3) is 0 Å². The van der Waals surface area contributed by atoms with Gasteiger partial charge in [0.2, 0.25) is 0 Å². The molecule has 6 aromatic heterocycles. The van der Waals surface area contributed by atoms with Crippen molar-refractivity contribution in [1.29, 1.82) is 5.26 Å². The first-order valence-electron chi connectivity index (χ1n) is 31.5. The van der Waals surface area contributed by atoms with Gasteiger partial charge in [0, 0.05) is 109 Å². The predicted molar refractivity (Wildman–Crippen MR) is 394 cm³/mol. The van der Waals surface area contributed by atoms with Crippen molar-refractivity contribution in [3.63, 3.8) is 0 Å². The Hall–Kier alpha value is -12.1. The van der Waals surface area contributed by atoms with Crippen LogP contribution >= 0.6 is 23.2 Å². The maximum Gasteiger partial charge on any atom is 0.0991 e. The van der Waals surface area contributed by atoms with Crippen LogP contribution < -0.4 is 0 Å². The van der Waals surface area contributed by atoms with E-state index in [4.69, 9.17) is 23.2 Å². The fourth-order valence-electron chi connectivity index (χ4n) is 15.3. The maximum absolute atomic E-state index is 9.48. The van der Waals surface area contributed by atoms with Gasteiger partial charge in [-0.25, -0.2) is 0 Å². The van der Waals surface area contributed by atoms with Gasteiger partial charge in [-0.2, -0.15) is 5.26 Å². The number of benzene rings is 14. The van der Waals surface area contributed by atoms with Crippen LogP contribution in [-0.2, 0) is 0 Å². The Morgan fingerprint density at radius 2 is 0.394 bits per heavy atom. The highest BCUT2D eigenvalue weighted by Crippen LogP contribution is 2.43. The summed E-state index contributed by atoms with van der Waals surface area (Å²) in [5, 5.41) is 25.3. The van der Waals surface area contributed by atoms with Crippen molar-refractivity contribution >= 4 is 154 Å². The Labute approximate surface area is 548 Å². The summed E-state index contributed by atoms with van der Waals surface area (Å²) in [6, 6.07) is 112. The highest BCUT2D eigenvalue weighted by Gasteiger charge is 2.22. The van der Waals surface area contributed by atoms with Crippen LogP contribution in [0.2, 0.25) is 10.0 Å². The highest BCUT2D eigenvalue weighted by atomic mass is 35.5. The number of halogens is 2. The fraction of sp³-hybridized carbons (Fsp3) is 0. The summed E-state index contributed by atoms with van der Waals surface area (Å²) in [5.74, 6) is 0. The van der Waals surface area contributed by atoms with E-state index >= 15 is 0 Å². The molecule has 0 aliphatic carbocycles. The summed E-state index contributed by atoms with van der Waals surface area (Å²) in [6.07, 6.45) is 0. The van der Waals surface area contributed by atoms with Crippen molar-refractivity contribution in [2.24, 2.45) is 0 Å². The molecular weight excluding hydrogens is 1190 g/mol. The minimum Gasteiger partial charge on any atom is -0.309 e. The van der Waals surface area contributed by atoms with Gasteiger partial charge in [0.05, 0.1) is 77.8 Å². The lowest BCUT2D eigenvalue weighted by molar-refractivity contribution is 1.16. The summed E-state index contributed by atoms with van der Waals surface area (Å²) in [4.78, 5) is 0. The number of nitrogens with zero attached hydrogens (tertiary/aromatic N) is 7. The third-order valence-corrected chi connectivity index (χ3v) is 19.6. The molecule has 9 heteroatoms. The van der Waals surface area contributed by atoms with E-state index in [1.165, 1.54) is 98.0 Å². The molecule has 0 saturated carbocycles. The molecule has 14 aromatic carbocycles. The maximum atomic E-state index is 9.48. The first-order valence-corrected chi connectivity index (χ1v) is 32.3. The van der Waals surface area contributed by atoms with Gasteiger partial charge in [-0.3, -0.25) is 0 Å². The molecule has 0 radical (unpaired) electrons. The Balaban J connectivity index is 0.000000133.